The van der Waals surface area contributed by atoms with Gasteiger partial charge >= 0.3 is 5.97 Å². The fourth-order valence-corrected chi connectivity index (χ4v) is 1.70. The van der Waals surface area contributed by atoms with Gasteiger partial charge in [-0.05, 0) is 19.1 Å². The van der Waals surface area contributed by atoms with Crippen molar-refractivity contribution in [1.29, 1.82) is 0 Å². The van der Waals surface area contributed by atoms with E-state index in [1.54, 1.807) is 0 Å². The van der Waals surface area contributed by atoms with Crippen molar-refractivity contribution >= 4 is 17.6 Å². The maximum Gasteiger partial charge on any atom is 0.335 e. The third kappa shape index (κ3) is 4.64. The standard InChI is InChI=1S/C14H19NO6/c1-4-21-6-5-12(16)15-10-7-9(14(17)18)8-11(19-2)13(10)20-3/h7-8H,4-6H2,1-3H3,(H,15,16)(H,17,18). The van der Waals surface area contributed by atoms with Crippen molar-refractivity contribution in [1.82, 2.24) is 0 Å². The highest BCUT2D eigenvalue weighted by Gasteiger charge is 2.17. The van der Waals surface area contributed by atoms with E-state index in [0.717, 1.165) is 0 Å². The largest absolute Gasteiger partial charge is 0.493 e. The molecule has 7 nitrogen and oxygen atoms in total. The van der Waals surface area contributed by atoms with Crippen molar-refractivity contribution in [3.8, 4) is 11.5 Å². The smallest absolute Gasteiger partial charge is 0.335 e. The zero-order valence-electron chi connectivity index (χ0n) is 12.3. The van der Waals surface area contributed by atoms with Gasteiger partial charge < -0.3 is 24.6 Å². The van der Waals surface area contributed by atoms with Crippen molar-refractivity contribution in [2.24, 2.45) is 0 Å². The number of carbonyl (C=O) groups excluding carboxylic acids is 1. The van der Waals surface area contributed by atoms with Gasteiger partial charge in [0.1, 0.15) is 0 Å². The maximum atomic E-state index is 11.8. The molecule has 1 aromatic carbocycles. The zero-order valence-corrected chi connectivity index (χ0v) is 12.3. The van der Waals surface area contributed by atoms with E-state index in [1.807, 2.05) is 6.92 Å². The SMILES string of the molecule is CCOCCC(=O)Nc1cc(C(=O)O)cc(OC)c1OC. The molecule has 0 bridgehead atoms. The third-order valence-electron chi connectivity index (χ3n) is 2.68. The Morgan fingerprint density at radius 2 is 1.95 bits per heavy atom. The molecule has 7 heteroatoms. The number of ether oxygens (including phenoxy) is 3. The number of methoxy groups -OCH3 is 2. The van der Waals surface area contributed by atoms with Crippen LogP contribution in [0.3, 0.4) is 0 Å². The van der Waals surface area contributed by atoms with Crippen LogP contribution < -0.4 is 14.8 Å². The van der Waals surface area contributed by atoms with E-state index in [0.29, 0.717) is 13.2 Å². The van der Waals surface area contributed by atoms with E-state index >= 15 is 0 Å². The molecule has 0 unspecified atom stereocenters. The first-order valence-corrected chi connectivity index (χ1v) is 6.40. The Balaban J connectivity index is 3.00. The Bertz CT molecular complexity index is 514. The van der Waals surface area contributed by atoms with Gasteiger partial charge in [-0.1, -0.05) is 0 Å². The molecule has 1 aromatic rings. The molecule has 0 fully saturated rings. The molecule has 0 spiro atoms. The van der Waals surface area contributed by atoms with E-state index < -0.39 is 5.97 Å². The van der Waals surface area contributed by atoms with Gasteiger partial charge in [-0.2, -0.15) is 0 Å². The van der Waals surface area contributed by atoms with Gasteiger partial charge in [0.2, 0.25) is 5.91 Å². The fraction of sp³-hybridized carbons (Fsp3) is 0.429. The van der Waals surface area contributed by atoms with Gasteiger partial charge in [0.25, 0.3) is 0 Å². The molecule has 0 saturated heterocycles. The van der Waals surface area contributed by atoms with Gasteiger partial charge in [0.15, 0.2) is 11.5 Å². The minimum atomic E-state index is -1.12. The Kier molecular flexibility index (Phi) is 6.48. The number of amides is 1. The molecule has 0 heterocycles. The normalized spacial score (nSPS) is 10.0. The van der Waals surface area contributed by atoms with Crippen LogP contribution in [0.5, 0.6) is 11.5 Å². The minimum Gasteiger partial charge on any atom is -0.493 e. The monoisotopic (exact) mass is 297 g/mol. The predicted octanol–water partition coefficient (Wildman–Crippen LogP) is 1.77. The van der Waals surface area contributed by atoms with Crippen molar-refractivity contribution in [2.45, 2.75) is 13.3 Å². The lowest BCUT2D eigenvalue weighted by atomic mass is 10.1. The Labute approximate surface area is 122 Å². The van der Waals surface area contributed by atoms with Crippen molar-refractivity contribution < 1.29 is 28.9 Å². The summed E-state index contributed by atoms with van der Waals surface area (Å²) < 4.78 is 15.3. The van der Waals surface area contributed by atoms with Crippen LogP contribution in [-0.4, -0.2) is 44.4 Å². The molecule has 0 atom stereocenters. The maximum absolute atomic E-state index is 11.8. The van der Waals surface area contributed by atoms with E-state index in [2.05, 4.69) is 5.32 Å². The second-order valence-corrected chi connectivity index (χ2v) is 4.06. The fourth-order valence-electron chi connectivity index (χ4n) is 1.70. The minimum absolute atomic E-state index is 0.00671. The first-order chi connectivity index (χ1) is 10.0. The first-order valence-electron chi connectivity index (χ1n) is 6.40. The lowest BCUT2D eigenvalue weighted by Crippen LogP contribution is -2.15. The molecule has 116 valence electrons. The van der Waals surface area contributed by atoms with Crippen LogP contribution in [0.4, 0.5) is 5.69 Å². The van der Waals surface area contributed by atoms with Crippen LogP contribution in [0.2, 0.25) is 0 Å². The number of carboxylic acids is 1. The van der Waals surface area contributed by atoms with Gasteiger partial charge in [-0.3, -0.25) is 4.79 Å². The molecule has 0 radical (unpaired) electrons. The van der Waals surface area contributed by atoms with Crippen LogP contribution in [0.15, 0.2) is 12.1 Å². The van der Waals surface area contributed by atoms with E-state index in [4.69, 9.17) is 19.3 Å². The summed E-state index contributed by atoms with van der Waals surface area (Å²) in [7, 11) is 2.80. The molecule has 0 aliphatic carbocycles. The molecule has 0 aromatic heterocycles. The highest BCUT2D eigenvalue weighted by molar-refractivity contribution is 5.96. The number of hydrogen-bond acceptors (Lipinski definition) is 5. The third-order valence-corrected chi connectivity index (χ3v) is 2.68. The number of rotatable bonds is 8. The molecule has 0 aliphatic rings. The van der Waals surface area contributed by atoms with E-state index in [9.17, 15) is 9.59 Å². The number of carboxylic acid groups (broad SMARTS) is 1. The molecular weight excluding hydrogens is 278 g/mol. The second kappa shape index (κ2) is 8.11. The van der Waals surface area contributed by atoms with Gasteiger partial charge in [0, 0.05) is 6.61 Å². The summed E-state index contributed by atoms with van der Waals surface area (Å²) in [6, 6.07) is 2.65. The predicted molar refractivity (Wildman–Crippen MR) is 76.2 cm³/mol. The molecular formula is C14H19NO6. The quantitative estimate of drug-likeness (QED) is 0.710. The number of benzene rings is 1. The summed E-state index contributed by atoms with van der Waals surface area (Å²) in [6.45, 7) is 2.65. The van der Waals surface area contributed by atoms with Crippen LogP contribution >= 0.6 is 0 Å². The Hall–Kier alpha value is -2.28. The molecule has 1 amide bonds. The number of hydrogen-bond donors (Lipinski definition) is 2. The topological polar surface area (TPSA) is 94.1 Å². The van der Waals surface area contributed by atoms with Crippen LogP contribution in [0, 0.1) is 0 Å². The van der Waals surface area contributed by atoms with E-state index in [1.165, 1.54) is 26.4 Å². The highest BCUT2D eigenvalue weighted by Crippen LogP contribution is 2.36. The summed E-state index contributed by atoms with van der Waals surface area (Å²) in [5.41, 5.74) is 0.239. The summed E-state index contributed by atoms with van der Waals surface area (Å²) >= 11 is 0. The van der Waals surface area contributed by atoms with Gasteiger partial charge in [0.05, 0.1) is 38.5 Å². The lowest BCUT2D eigenvalue weighted by molar-refractivity contribution is -0.117. The molecule has 1 rings (SSSR count). The molecule has 0 saturated carbocycles. The highest BCUT2D eigenvalue weighted by atomic mass is 16.5. The van der Waals surface area contributed by atoms with Crippen LogP contribution in [0.1, 0.15) is 23.7 Å². The molecule has 2 N–H and O–H groups in total. The number of carbonyl (C=O) groups is 2. The summed E-state index contributed by atoms with van der Waals surface area (Å²) in [5, 5.41) is 11.7. The molecule has 0 aliphatic heterocycles. The summed E-state index contributed by atoms with van der Waals surface area (Å²) in [6.07, 6.45) is 0.163. The van der Waals surface area contributed by atoms with Crippen molar-refractivity contribution in [2.75, 3.05) is 32.8 Å². The number of aromatic carboxylic acids is 1. The zero-order chi connectivity index (χ0) is 15.8. The Morgan fingerprint density at radius 1 is 1.24 bits per heavy atom. The second-order valence-electron chi connectivity index (χ2n) is 4.06. The number of anilines is 1. The number of nitrogens with one attached hydrogen (secondary N) is 1. The Morgan fingerprint density at radius 3 is 2.48 bits per heavy atom. The van der Waals surface area contributed by atoms with Crippen molar-refractivity contribution in [3.63, 3.8) is 0 Å². The van der Waals surface area contributed by atoms with Gasteiger partial charge in [-0.25, -0.2) is 4.79 Å². The van der Waals surface area contributed by atoms with Crippen molar-refractivity contribution in [3.05, 3.63) is 17.7 Å². The molecule has 21 heavy (non-hydrogen) atoms. The average molecular weight is 297 g/mol. The van der Waals surface area contributed by atoms with Crippen LogP contribution in [0.25, 0.3) is 0 Å². The summed E-state index contributed by atoms with van der Waals surface area (Å²) in [4.78, 5) is 22.9. The lowest BCUT2D eigenvalue weighted by Gasteiger charge is -2.14. The first kappa shape index (κ1) is 16.8. The van der Waals surface area contributed by atoms with Gasteiger partial charge in [-0.15, -0.1) is 0 Å². The summed E-state index contributed by atoms with van der Waals surface area (Å²) in [5.74, 6) is -0.920. The average Bonchev–Trinajstić information content (AvgIpc) is 2.46. The van der Waals surface area contributed by atoms with E-state index in [-0.39, 0.29) is 35.1 Å². The van der Waals surface area contributed by atoms with Crippen LogP contribution in [-0.2, 0) is 9.53 Å².